The van der Waals surface area contributed by atoms with E-state index in [0.717, 1.165) is 0 Å². The highest BCUT2D eigenvalue weighted by Gasteiger charge is 2.26. The number of ether oxygens (including phenoxy) is 2. The van der Waals surface area contributed by atoms with Crippen molar-refractivity contribution < 1.29 is 23.9 Å². The number of rotatable bonds is 8. The van der Waals surface area contributed by atoms with Crippen molar-refractivity contribution in [1.82, 2.24) is 14.7 Å². The van der Waals surface area contributed by atoms with E-state index in [-0.39, 0.29) is 37.1 Å². The molecule has 8 nitrogen and oxygen atoms in total. The average Bonchev–Trinajstić information content (AvgIpc) is 2.91. The standard InChI is InChI=1S/C19H31N3O5/c1-8-14(11-21(7)18(25)27-19(4,5)6)16(23)12-22-15(10-13(3)20-22)17(24)26-9-2/h10,14H,8-9,11-12H2,1-7H3. The first kappa shape index (κ1) is 22.7. The zero-order valence-corrected chi connectivity index (χ0v) is 17.4. The van der Waals surface area contributed by atoms with Crippen molar-refractivity contribution >= 4 is 17.8 Å². The Balaban J connectivity index is 2.82. The van der Waals surface area contributed by atoms with Crippen LogP contribution in [0.15, 0.2) is 6.07 Å². The first-order valence-electron chi connectivity index (χ1n) is 9.16. The van der Waals surface area contributed by atoms with Gasteiger partial charge in [-0.1, -0.05) is 6.92 Å². The van der Waals surface area contributed by atoms with Crippen LogP contribution in [0.4, 0.5) is 4.79 Å². The van der Waals surface area contributed by atoms with Crippen molar-refractivity contribution in [2.45, 2.75) is 60.1 Å². The number of amides is 1. The fourth-order valence-corrected chi connectivity index (χ4v) is 2.52. The average molecular weight is 381 g/mol. The first-order valence-corrected chi connectivity index (χ1v) is 9.16. The van der Waals surface area contributed by atoms with E-state index < -0.39 is 17.7 Å². The molecule has 0 aromatic carbocycles. The molecule has 0 radical (unpaired) electrons. The predicted octanol–water partition coefficient (Wildman–Crippen LogP) is 2.83. The molecule has 1 aromatic heterocycles. The molecule has 0 N–H and O–H groups in total. The third kappa shape index (κ3) is 7.03. The molecule has 152 valence electrons. The third-order valence-corrected chi connectivity index (χ3v) is 3.84. The number of aromatic nitrogens is 2. The van der Waals surface area contributed by atoms with Crippen LogP contribution in [0, 0.1) is 12.8 Å². The molecule has 0 aliphatic rings. The largest absolute Gasteiger partial charge is 0.461 e. The number of ketones is 1. The molecule has 0 saturated heterocycles. The van der Waals surface area contributed by atoms with Crippen molar-refractivity contribution in [3.8, 4) is 0 Å². The smallest absolute Gasteiger partial charge is 0.410 e. The number of nitrogens with zero attached hydrogens (tertiary/aromatic N) is 3. The Bertz CT molecular complexity index is 675. The maximum Gasteiger partial charge on any atom is 0.410 e. The second-order valence-electron chi connectivity index (χ2n) is 7.48. The molecular weight excluding hydrogens is 350 g/mol. The molecule has 1 heterocycles. The number of carbonyl (C=O) groups is 3. The fourth-order valence-electron chi connectivity index (χ4n) is 2.52. The Kier molecular flexibility index (Phi) is 7.99. The van der Waals surface area contributed by atoms with E-state index in [1.54, 1.807) is 47.7 Å². The highest BCUT2D eigenvalue weighted by Crippen LogP contribution is 2.14. The predicted molar refractivity (Wildman–Crippen MR) is 101 cm³/mol. The minimum absolute atomic E-state index is 0.0529. The van der Waals surface area contributed by atoms with Gasteiger partial charge in [-0.25, -0.2) is 9.59 Å². The third-order valence-electron chi connectivity index (χ3n) is 3.84. The summed E-state index contributed by atoms with van der Waals surface area (Å²) in [4.78, 5) is 38.3. The number of hydrogen-bond acceptors (Lipinski definition) is 6. The van der Waals surface area contributed by atoms with Gasteiger partial charge in [0.05, 0.1) is 12.3 Å². The maximum atomic E-state index is 12.7. The van der Waals surface area contributed by atoms with Crippen LogP contribution >= 0.6 is 0 Å². The highest BCUT2D eigenvalue weighted by atomic mass is 16.6. The molecular formula is C19H31N3O5. The molecule has 0 spiro atoms. The van der Waals surface area contributed by atoms with Crippen LogP contribution in [0.25, 0.3) is 0 Å². The van der Waals surface area contributed by atoms with Gasteiger partial charge < -0.3 is 14.4 Å². The van der Waals surface area contributed by atoms with Crippen LogP contribution in [-0.2, 0) is 20.8 Å². The molecule has 0 fully saturated rings. The van der Waals surface area contributed by atoms with Crippen molar-refractivity contribution in [1.29, 1.82) is 0 Å². The summed E-state index contributed by atoms with van der Waals surface area (Å²) in [6.45, 7) is 11.1. The molecule has 1 atom stereocenters. The second-order valence-corrected chi connectivity index (χ2v) is 7.48. The molecule has 0 aliphatic carbocycles. The summed E-state index contributed by atoms with van der Waals surface area (Å²) >= 11 is 0. The monoisotopic (exact) mass is 381 g/mol. The molecule has 27 heavy (non-hydrogen) atoms. The van der Waals surface area contributed by atoms with Gasteiger partial charge in [0.1, 0.15) is 17.8 Å². The normalized spacial score (nSPS) is 12.4. The molecule has 1 unspecified atom stereocenters. The molecule has 1 amide bonds. The maximum absolute atomic E-state index is 12.7. The number of hydrogen-bond donors (Lipinski definition) is 0. The zero-order chi connectivity index (χ0) is 20.8. The van der Waals surface area contributed by atoms with E-state index in [2.05, 4.69) is 5.10 Å². The highest BCUT2D eigenvalue weighted by molar-refractivity contribution is 5.89. The number of Topliss-reactive ketones (excluding diaryl/α,β-unsaturated/α-hetero) is 1. The van der Waals surface area contributed by atoms with Gasteiger partial charge in [-0.15, -0.1) is 0 Å². The van der Waals surface area contributed by atoms with Crippen LogP contribution in [0.3, 0.4) is 0 Å². The first-order chi connectivity index (χ1) is 12.5. The lowest BCUT2D eigenvalue weighted by Gasteiger charge is -2.27. The topological polar surface area (TPSA) is 90.7 Å². The van der Waals surface area contributed by atoms with Crippen LogP contribution < -0.4 is 0 Å². The van der Waals surface area contributed by atoms with Crippen LogP contribution in [0.1, 0.15) is 57.2 Å². The van der Waals surface area contributed by atoms with E-state index in [4.69, 9.17) is 9.47 Å². The Labute approximate surface area is 160 Å². The molecule has 0 aliphatic heterocycles. The van der Waals surface area contributed by atoms with Crippen LogP contribution in [-0.4, -0.2) is 58.3 Å². The minimum Gasteiger partial charge on any atom is -0.461 e. The minimum atomic E-state index is -0.599. The molecule has 8 heteroatoms. The Hall–Kier alpha value is -2.38. The summed E-state index contributed by atoms with van der Waals surface area (Å²) in [7, 11) is 1.60. The van der Waals surface area contributed by atoms with Gasteiger partial charge in [0.25, 0.3) is 0 Å². The van der Waals surface area contributed by atoms with Gasteiger partial charge in [-0.3, -0.25) is 9.48 Å². The van der Waals surface area contributed by atoms with Crippen molar-refractivity contribution in [3.05, 3.63) is 17.5 Å². The lowest BCUT2D eigenvalue weighted by molar-refractivity contribution is -0.124. The van der Waals surface area contributed by atoms with Gasteiger partial charge in [-0.05, 0) is 47.1 Å². The summed E-state index contributed by atoms with van der Waals surface area (Å²) in [5.74, 6) is -1.01. The van der Waals surface area contributed by atoms with E-state index in [1.807, 2.05) is 6.92 Å². The van der Waals surface area contributed by atoms with E-state index >= 15 is 0 Å². The van der Waals surface area contributed by atoms with E-state index in [0.29, 0.717) is 12.1 Å². The number of carbonyl (C=O) groups excluding carboxylic acids is 3. The zero-order valence-electron chi connectivity index (χ0n) is 17.4. The van der Waals surface area contributed by atoms with Crippen molar-refractivity contribution in [2.24, 2.45) is 5.92 Å². The Morgan fingerprint density at radius 2 is 1.89 bits per heavy atom. The Morgan fingerprint density at radius 3 is 2.41 bits per heavy atom. The molecule has 1 aromatic rings. The quantitative estimate of drug-likeness (QED) is 0.643. The molecule has 0 saturated carbocycles. The molecule has 1 rings (SSSR count). The summed E-state index contributed by atoms with van der Waals surface area (Å²) in [6.07, 6.45) is 0.0805. The van der Waals surface area contributed by atoms with Gasteiger partial charge in [0.2, 0.25) is 0 Å². The van der Waals surface area contributed by atoms with Crippen molar-refractivity contribution in [3.63, 3.8) is 0 Å². The Morgan fingerprint density at radius 1 is 1.26 bits per heavy atom. The summed E-state index contributed by atoms with van der Waals surface area (Å²) in [5.41, 5.74) is 0.279. The fraction of sp³-hybridized carbons (Fsp3) is 0.684. The number of esters is 1. The van der Waals surface area contributed by atoms with E-state index in [9.17, 15) is 14.4 Å². The van der Waals surface area contributed by atoms with Gasteiger partial charge in [-0.2, -0.15) is 5.10 Å². The summed E-state index contributed by atoms with van der Waals surface area (Å²) in [5, 5.41) is 4.22. The SMILES string of the molecule is CCOC(=O)c1cc(C)nn1CC(=O)C(CC)CN(C)C(=O)OC(C)(C)C. The van der Waals surface area contributed by atoms with E-state index in [1.165, 1.54) is 9.58 Å². The van der Waals surface area contributed by atoms with Crippen molar-refractivity contribution in [2.75, 3.05) is 20.2 Å². The van der Waals surface area contributed by atoms with Crippen LogP contribution in [0.2, 0.25) is 0 Å². The van der Waals surface area contributed by atoms with Crippen LogP contribution in [0.5, 0.6) is 0 Å². The van der Waals surface area contributed by atoms with Gasteiger partial charge in [0, 0.05) is 19.5 Å². The summed E-state index contributed by atoms with van der Waals surface area (Å²) < 4.78 is 11.7. The molecule has 0 bridgehead atoms. The lowest BCUT2D eigenvalue weighted by atomic mass is 10.0. The second kappa shape index (κ2) is 9.53. The number of aryl methyl sites for hydroxylation is 1. The van der Waals surface area contributed by atoms with Gasteiger partial charge in [0.15, 0.2) is 5.78 Å². The lowest BCUT2D eigenvalue weighted by Crippen LogP contribution is -2.39. The summed E-state index contributed by atoms with van der Waals surface area (Å²) in [6, 6.07) is 1.60. The van der Waals surface area contributed by atoms with Gasteiger partial charge >= 0.3 is 12.1 Å².